The molecule has 5 rings (SSSR count). The molecule has 31 heavy (non-hydrogen) atoms. The molecule has 0 aromatic heterocycles. The van der Waals surface area contributed by atoms with E-state index in [0.29, 0.717) is 25.1 Å². The summed E-state index contributed by atoms with van der Waals surface area (Å²) in [5, 5.41) is 0. The van der Waals surface area contributed by atoms with Gasteiger partial charge in [-0.3, -0.25) is 9.59 Å². The molecule has 0 spiro atoms. The summed E-state index contributed by atoms with van der Waals surface area (Å²) in [4.78, 5) is 29.5. The molecule has 1 saturated heterocycles. The van der Waals surface area contributed by atoms with E-state index in [2.05, 4.69) is 0 Å². The SMILES string of the molecule is O=C1CCCN1Cc1cccc(C(=O)N(Cc2ccc3c(c2)OCO3)C2CCCC2)c1. The molecule has 1 aliphatic carbocycles. The molecule has 3 aliphatic rings. The molecule has 0 radical (unpaired) electrons. The molecule has 2 fully saturated rings. The fourth-order valence-electron chi connectivity index (χ4n) is 4.88. The Balaban J connectivity index is 1.37. The maximum Gasteiger partial charge on any atom is 0.254 e. The molecule has 6 heteroatoms. The summed E-state index contributed by atoms with van der Waals surface area (Å²) < 4.78 is 10.9. The third kappa shape index (κ3) is 4.24. The van der Waals surface area contributed by atoms with Gasteiger partial charge in [0.05, 0.1) is 0 Å². The first-order chi connectivity index (χ1) is 15.2. The minimum absolute atomic E-state index is 0.0548. The Labute approximate surface area is 182 Å². The van der Waals surface area contributed by atoms with Crippen molar-refractivity contribution in [3.8, 4) is 11.5 Å². The van der Waals surface area contributed by atoms with E-state index in [0.717, 1.165) is 61.3 Å². The smallest absolute Gasteiger partial charge is 0.254 e. The molecule has 0 atom stereocenters. The Kier molecular flexibility index (Phi) is 5.53. The van der Waals surface area contributed by atoms with Crippen LogP contribution in [0, 0.1) is 0 Å². The molecular formula is C25H28N2O4. The Hall–Kier alpha value is -3.02. The fourth-order valence-corrected chi connectivity index (χ4v) is 4.88. The second-order valence-electron chi connectivity index (χ2n) is 8.68. The van der Waals surface area contributed by atoms with E-state index in [4.69, 9.17) is 9.47 Å². The van der Waals surface area contributed by atoms with E-state index in [1.165, 1.54) is 0 Å². The highest BCUT2D eigenvalue weighted by Crippen LogP contribution is 2.34. The van der Waals surface area contributed by atoms with Crippen LogP contribution in [0.5, 0.6) is 11.5 Å². The molecule has 6 nitrogen and oxygen atoms in total. The maximum atomic E-state index is 13.6. The van der Waals surface area contributed by atoms with Crippen molar-refractivity contribution in [2.45, 2.75) is 57.7 Å². The number of hydrogen-bond acceptors (Lipinski definition) is 4. The van der Waals surface area contributed by atoms with Gasteiger partial charge in [0.25, 0.3) is 5.91 Å². The van der Waals surface area contributed by atoms with Gasteiger partial charge in [-0.05, 0) is 54.7 Å². The van der Waals surface area contributed by atoms with E-state index < -0.39 is 0 Å². The summed E-state index contributed by atoms with van der Waals surface area (Å²) in [5.41, 5.74) is 2.75. The molecule has 2 amide bonds. The van der Waals surface area contributed by atoms with Crippen molar-refractivity contribution in [3.63, 3.8) is 0 Å². The molecule has 0 N–H and O–H groups in total. The summed E-state index contributed by atoms with van der Waals surface area (Å²) in [6.07, 6.45) is 5.95. The van der Waals surface area contributed by atoms with Crippen LogP contribution in [0.4, 0.5) is 0 Å². The quantitative estimate of drug-likeness (QED) is 0.705. The Bertz CT molecular complexity index is 983. The van der Waals surface area contributed by atoms with Gasteiger partial charge in [-0.1, -0.05) is 31.0 Å². The number of carbonyl (C=O) groups is 2. The van der Waals surface area contributed by atoms with E-state index in [-0.39, 0.29) is 24.6 Å². The summed E-state index contributed by atoms with van der Waals surface area (Å²) in [6.45, 7) is 2.17. The number of hydrogen-bond donors (Lipinski definition) is 0. The van der Waals surface area contributed by atoms with Crippen molar-refractivity contribution in [1.29, 1.82) is 0 Å². The number of amides is 2. The fraction of sp³-hybridized carbons (Fsp3) is 0.440. The van der Waals surface area contributed by atoms with Crippen LogP contribution in [0.1, 0.15) is 60.0 Å². The van der Waals surface area contributed by atoms with Gasteiger partial charge in [-0.25, -0.2) is 0 Å². The molecular weight excluding hydrogens is 392 g/mol. The molecule has 2 aromatic carbocycles. The van der Waals surface area contributed by atoms with Gasteiger partial charge < -0.3 is 19.3 Å². The Morgan fingerprint density at radius 2 is 1.84 bits per heavy atom. The number of ether oxygens (including phenoxy) is 2. The number of fused-ring (bicyclic) bond motifs is 1. The average molecular weight is 421 g/mol. The van der Waals surface area contributed by atoms with Gasteiger partial charge in [0, 0.05) is 37.7 Å². The molecule has 2 aromatic rings. The Morgan fingerprint density at radius 3 is 2.65 bits per heavy atom. The topological polar surface area (TPSA) is 59.1 Å². The van der Waals surface area contributed by atoms with E-state index in [1.54, 1.807) is 0 Å². The van der Waals surface area contributed by atoms with Gasteiger partial charge in [0.15, 0.2) is 11.5 Å². The van der Waals surface area contributed by atoms with Gasteiger partial charge >= 0.3 is 0 Å². The third-order valence-corrected chi connectivity index (χ3v) is 6.53. The van der Waals surface area contributed by atoms with Crippen molar-refractivity contribution in [3.05, 3.63) is 59.2 Å². The summed E-state index contributed by atoms with van der Waals surface area (Å²) in [6, 6.07) is 13.9. The summed E-state index contributed by atoms with van der Waals surface area (Å²) >= 11 is 0. The van der Waals surface area contributed by atoms with Crippen molar-refractivity contribution >= 4 is 11.8 Å². The van der Waals surface area contributed by atoms with Gasteiger partial charge in [-0.2, -0.15) is 0 Å². The van der Waals surface area contributed by atoms with Crippen LogP contribution < -0.4 is 9.47 Å². The monoisotopic (exact) mass is 420 g/mol. The molecule has 162 valence electrons. The number of benzene rings is 2. The molecule has 2 heterocycles. The van der Waals surface area contributed by atoms with E-state index in [1.807, 2.05) is 52.3 Å². The maximum absolute atomic E-state index is 13.6. The summed E-state index contributed by atoms with van der Waals surface area (Å²) in [5.74, 6) is 1.76. The normalized spacial score (nSPS) is 18.1. The van der Waals surface area contributed by atoms with Crippen LogP contribution in [0.3, 0.4) is 0 Å². The van der Waals surface area contributed by atoms with Crippen LogP contribution in [-0.4, -0.2) is 41.0 Å². The van der Waals surface area contributed by atoms with Crippen LogP contribution in [0.2, 0.25) is 0 Å². The van der Waals surface area contributed by atoms with Gasteiger partial charge in [0.1, 0.15) is 0 Å². The second kappa shape index (κ2) is 8.61. The van der Waals surface area contributed by atoms with Crippen molar-refractivity contribution in [2.24, 2.45) is 0 Å². The summed E-state index contributed by atoms with van der Waals surface area (Å²) in [7, 11) is 0. The predicted molar refractivity (Wildman–Crippen MR) is 116 cm³/mol. The Morgan fingerprint density at radius 1 is 1.00 bits per heavy atom. The largest absolute Gasteiger partial charge is 0.454 e. The molecule has 1 saturated carbocycles. The minimum Gasteiger partial charge on any atom is -0.454 e. The lowest BCUT2D eigenvalue weighted by Crippen LogP contribution is -2.38. The number of likely N-dealkylation sites (tertiary alicyclic amines) is 1. The first-order valence-electron chi connectivity index (χ1n) is 11.2. The second-order valence-corrected chi connectivity index (χ2v) is 8.68. The predicted octanol–water partition coefficient (Wildman–Crippen LogP) is 4.12. The molecule has 0 unspecified atom stereocenters. The number of rotatable bonds is 6. The lowest BCUT2D eigenvalue weighted by molar-refractivity contribution is -0.128. The highest BCUT2D eigenvalue weighted by atomic mass is 16.7. The lowest BCUT2D eigenvalue weighted by atomic mass is 10.1. The van der Waals surface area contributed by atoms with Crippen LogP contribution in [0.25, 0.3) is 0 Å². The highest BCUT2D eigenvalue weighted by Gasteiger charge is 2.28. The highest BCUT2D eigenvalue weighted by molar-refractivity contribution is 5.94. The molecule has 2 aliphatic heterocycles. The molecule has 0 bridgehead atoms. The van der Waals surface area contributed by atoms with Crippen LogP contribution in [-0.2, 0) is 17.9 Å². The van der Waals surface area contributed by atoms with Crippen LogP contribution in [0.15, 0.2) is 42.5 Å². The zero-order chi connectivity index (χ0) is 21.2. The minimum atomic E-state index is 0.0548. The standard InChI is InChI=1S/C25H28N2O4/c28-24-9-4-12-26(24)15-18-5-3-6-20(13-18)25(29)27(21-7-1-2-8-21)16-19-10-11-22-23(14-19)31-17-30-22/h3,5-6,10-11,13-14,21H,1-2,4,7-9,12,15-17H2. The average Bonchev–Trinajstić information content (AvgIpc) is 3.54. The van der Waals surface area contributed by atoms with Gasteiger partial charge in [-0.15, -0.1) is 0 Å². The van der Waals surface area contributed by atoms with E-state index >= 15 is 0 Å². The number of carbonyl (C=O) groups excluding carboxylic acids is 2. The van der Waals surface area contributed by atoms with Crippen molar-refractivity contribution in [1.82, 2.24) is 9.80 Å². The van der Waals surface area contributed by atoms with E-state index in [9.17, 15) is 9.59 Å². The first kappa shape index (κ1) is 19.9. The van der Waals surface area contributed by atoms with Crippen molar-refractivity contribution in [2.75, 3.05) is 13.3 Å². The van der Waals surface area contributed by atoms with Gasteiger partial charge in [0.2, 0.25) is 12.7 Å². The number of nitrogens with zero attached hydrogens (tertiary/aromatic N) is 2. The van der Waals surface area contributed by atoms with Crippen LogP contribution >= 0.6 is 0 Å². The third-order valence-electron chi connectivity index (χ3n) is 6.53. The first-order valence-corrected chi connectivity index (χ1v) is 11.2. The zero-order valence-corrected chi connectivity index (χ0v) is 17.7. The zero-order valence-electron chi connectivity index (χ0n) is 17.7. The lowest BCUT2D eigenvalue weighted by Gasteiger charge is -2.29. The van der Waals surface area contributed by atoms with Crippen molar-refractivity contribution < 1.29 is 19.1 Å².